The monoisotopic (exact) mass is 452 g/mol. The minimum atomic E-state index is -3.72. The number of benzene rings is 3. The van der Waals surface area contributed by atoms with Crippen LogP contribution in [0.1, 0.15) is 32.3 Å². The van der Waals surface area contributed by atoms with E-state index in [1.165, 1.54) is 0 Å². The van der Waals surface area contributed by atoms with Crippen molar-refractivity contribution >= 4 is 27.3 Å². The first-order chi connectivity index (χ1) is 15.2. The van der Waals surface area contributed by atoms with Gasteiger partial charge in [-0.25, -0.2) is 8.42 Å². The number of carbonyl (C=O) groups is 1. The molecule has 3 aromatic carbocycles. The van der Waals surface area contributed by atoms with Gasteiger partial charge >= 0.3 is 0 Å². The minimum absolute atomic E-state index is 0.213. The number of sulfonamides is 1. The predicted octanol–water partition coefficient (Wildman–Crippen LogP) is 5.40. The van der Waals surface area contributed by atoms with Crippen molar-refractivity contribution in [1.82, 2.24) is 0 Å². The molecule has 6 nitrogen and oxygen atoms in total. The summed E-state index contributed by atoms with van der Waals surface area (Å²) in [5.41, 5.74) is 2.05. The molecule has 0 bridgehead atoms. The number of hydrogen-bond donors (Lipinski definition) is 1. The second-order valence-electron chi connectivity index (χ2n) is 7.88. The van der Waals surface area contributed by atoms with Crippen LogP contribution in [-0.4, -0.2) is 26.6 Å². The molecule has 1 N–H and O–H groups in total. The molecule has 0 aliphatic carbocycles. The Morgan fingerprint density at radius 1 is 0.844 bits per heavy atom. The highest BCUT2D eigenvalue weighted by Crippen LogP contribution is 2.28. The predicted molar refractivity (Wildman–Crippen MR) is 129 cm³/mol. The molecule has 0 radical (unpaired) electrons. The van der Waals surface area contributed by atoms with Crippen molar-refractivity contribution in [3.8, 4) is 11.5 Å². The molecule has 0 unspecified atom stereocenters. The van der Waals surface area contributed by atoms with Gasteiger partial charge in [-0.05, 0) is 60.9 Å². The van der Waals surface area contributed by atoms with Gasteiger partial charge in [0, 0.05) is 5.69 Å². The number of hydrogen-bond acceptors (Lipinski definition) is 4. The molecule has 0 saturated carbocycles. The maximum Gasteiger partial charge on any atom is 0.248 e. The summed E-state index contributed by atoms with van der Waals surface area (Å²) in [6.45, 7) is 5.65. The molecular weight excluding hydrogens is 424 g/mol. The van der Waals surface area contributed by atoms with Crippen LogP contribution < -0.4 is 14.4 Å². The van der Waals surface area contributed by atoms with Gasteiger partial charge in [0.25, 0.3) is 0 Å². The Kier molecular flexibility index (Phi) is 7.20. The molecule has 7 heteroatoms. The third-order valence-electron chi connectivity index (χ3n) is 5.00. The Morgan fingerprint density at radius 3 is 2.00 bits per heavy atom. The second-order valence-corrected chi connectivity index (χ2v) is 9.73. The Morgan fingerprint density at radius 2 is 1.41 bits per heavy atom. The first-order valence-electron chi connectivity index (χ1n) is 10.4. The smallest absolute Gasteiger partial charge is 0.248 e. The molecule has 0 aliphatic heterocycles. The molecule has 0 fully saturated rings. The average molecular weight is 453 g/mol. The average Bonchev–Trinajstić information content (AvgIpc) is 2.75. The van der Waals surface area contributed by atoms with Crippen molar-refractivity contribution in [3.05, 3.63) is 84.4 Å². The number of nitrogens with zero attached hydrogens (tertiary/aromatic N) is 1. The van der Waals surface area contributed by atoms with Gasteiger partial charge in [-0.1, -0.05) is 50.2 Å². The zero-order valence-corrected chi connectivity index (χ0v) is 19.5. The summed E-state index contributed by atoms with van der Waals surface area (Å²) in [7, 11) is -3.72. The zero-order valence-electron chi connectivity index (χ0n) is 18.6. The number of para-hydroxylation sites is 2. The third kappa shape index (κ3) is 5.68. The number of ether oxygens (including phenoxy) is 1. The number of rotatable bonds is 8. The largest absolute Gasteiger partial charge is 0.457 e. The quantitative estimate of drug-likeness (QED) is 0.497. The lowest BCUT2D eigenvalue weighted by molar-refractivity contribution is -0.116. The van der Waals surface area contributed by atoms with Crippen molar-refractivity contribution in [3.63, 3.8) is 0 Å². The topological polar surface area (TPSA) is 75.7 Å². The van der Waals surface area contributed by atoms with E-state index < -0.39 is 22.0 Å². The van der Waals surface area contributed by atoms with Crippen LogP contribution >= 0.6 is 0 Å². The van der Waals surface area contributed by atoms with Gasteiger partial charge in [0.2, 0.25) is 15.9 Å². The number of nitrogens with one attached hydrogen (secondary N) is 1. The van der Waals surface area contributed by atoms with E-state index in [1.807, 2.05) is 68.4 Å². The SMILES string of the molecule is CC(C)c1ccccc1NC(=O)[C@H](C)N(c1ccc(Oc2ccccc2)cc1)S(C)(=O)=O. The summed E-state index contributed by atoms with van der Waals surface area (Å²) in [5, 5.41) is 2.89. The van der Waals surface area contributed by atoms with Crippen molar-refractivity contribution in [2.75, 3.05) is 15.9 Å². The standard InChI is InChI=1S/C25H28N2O4S/c1-18(2)23-12-8-9-13-24(23)26-25(28)19(3)27(32(4,29)30)20-14-16-22(17-15-20)31-21-10-6-5-7-11-21/h5-19H,1-4H3,(H,26,28)/t19-/m0/s1. The first kappa shape index (κ1) is 23.3. The summed E-state index contributed by atoms with van der Waals surface area (Å²) in [6, 6.07) is 22.5. The van der Waals surface area contributed by atoms with Crippen LogP contribution in [0.3, 0.4) is 0 Å². The fraction of sp³-hybridized carbons (Fsp3) is 0.240. The first-order valence-corrected chi connectivity index (χ1v) is 12.2. The fourth-order valence-electron chi connectivity index (χ4n) is 3.45. The molecule has 168 valence electrons. The van der Waals surface area contributed by atoms with Gasteiger partial charge in [-0.15, -0.1) is 0 Å². The van der Waals surface area contributed by atoms with E-state index >= 15 is 0 Å². The lowest BCUT2D eigenvalue weighted by atomic mass is 10.0. The normalized spacial score (nSPS) is 12.3. The van der Waals surface area contributed by atoms with E-state index in [0.717, 1.165) is 16.1 Å². The summed E-state index contributed by atoms with van der Waals surface area (Å²) >= 11 is 0. The highest BCUT2D eigenvalue weighted by atomic mass is 32.2. The number of amides is 1. The van der Waals surface area contributed by atoms with Crippen LogP contribution in [0.4, 0.5) is 11.4 Å². The third-order valence-corrected chi connectivity index (χ3v) is 6.24. The van der Waals surface area contributed by atoms with Gasteiger partial charge in [-0.3, -0.25) is 9.10 Å². The number of anilines is 2. The maximum absolute atomic E-state index is 13.0. The fourth-order valence-corrected chi connectivity index (χ4v) is 4.62. The maximum atomic E-state index is 13.0. The van der Waals surface area contributed by atoms with Crippen LogP contribution in [0.25, 0.3) is 0 Å². The molecule has 1 atom stereocenters. The highest BCUT2D eigenvalue weighted by Gasteiger charge is 2.29. The number of carbonyl (C=O) groups excluding carboxylic acids is 1. The van der Waals surface area contributed by atoms with Gasteiger partial charge < -0.3 is 10.1 Å². The summed E-state index contributed by atoms with van der Waals surface area (Å²) in [4.78, 5) is 13.0. The molecule has 0 heterocycles. The molecular formula is C25H28N2O4S. The summed E-state index contributed by atoms with van der Waals surface area (Å²) < 4.78 is 32.1. The molecule has 3 aromatic rings. The van der Waals surface area contributed by atoms with Crippen LogP contribution in [0.5, 0.6) is 11.5 Å². The molecule has 0 aliphatic rings. The van der Waals surface area contributed by atoms with Gasteiger partial charge in [0.1, 0.15) is 17.5 Å². The molecule has 0 spiro atoms. The zero-order chi connectivity index (χ0) is 23.3. The Bertz CT molecular complexity index is 1160. The lowest BCUT2D eigenvalue weighted by Crippen LogP contribution is -2.45. The molecule has 0 aromatic heterocycles. The van der Waals surface area contributed by atoms with Crippen molar-refractivity contribution in [2.45, 2.75) is 32.7 Å². The summed E-state index contributed by atoms with van der Waals surface area (Å²) in [6.07, 6.45) is 1.09. The second kappa shape index (κ2) is 9.87. The molecule has 3 rings (SSSR count). The van der Waals surface area contributed by atoms with Crippen LogP contribution in [0, 0.1) is 0 Å². The van der Waals surface area contributed by atoms with E-state index in [4.69, 9.17) is 4.74 Å². The Hall–Kier alpha value is -3.32. The lowest BCUT2D eigenvalue weighted by Gasteiger charge is -2.28. The van der Waals surface area contributed by atoms with E-state index in [2.05, 4.69) is 5.32 Å². The minimum Gasteiger partial charge on any atom is -0.457 e. The van der Waals surface area contributed by atoms with E-state index in [1.54, 1.807) is 31.2 Å². The highest BCUT2D eigenvalue weighted by molar-refractivity contribution is 7.92. The van der Waals surface area contributed by atoms with Crippen molar-refractivity contribution in [1.29, 1.82) is 0 Å². The van der Waals surface area contributed by atoms with Gasteiger partial charge in [-0.2, -0.15) is 0 Å². The van der Waals surface area contributed by atoms with E-state index in [9.17, 15) is 13.2 Å². The van der Waals surface area contributed by atoms with Crippen LogP contribution in [0.15, 0.2) is 78.9 Å². The van der Waals surface area contributed by atoms with Crippen LogP contribution in [-0.2, 0) is 14.8 Å². The molecule has 32 heavy (non-hydrogen) atoms. The van der Waals surface area contributed by atoms with Crippen molar-refractivity contribution < 1.29 is 17.9 Å². The van der Waals surface area contributed by atoms with Crippen LogP contribution in [0.2, 0.25) is 0 Å². The summed E-state index contributed by atoms with van der Waals surface area (Å²) in [5.74, 6) is 1.05. The van der Waals surface area contributed by atoms with Gasteiger partial charge in [0.05, 0.1) is 11.9 Å². The van der Waals surface area contributed by atoms with Crippen molar-refractivity contribution in [2.24, 2.45) is 0 Å². The molecule has 0 saturated heterocycles. The Labute approximate surface area is 189 Å². The molecule has 1 amide bonds. The van der Waals surface area contributed by atoms with E-state index in [-0.39, 0.29) is 5.92 Å². The van der Waals surface area contributed by atoms with E-state index in [0.29, 0.717) is 22.9 Å². The Balaban J connectivity index is 1.83. The van der Waals surface area contributed by atoms with Gasteiger partial charge in [0.15, 0.2) is 0 Å².